The van der Waals surface area contributed by atoms with Crippen LogP contribution in [-0.2, 0) is 39.0 Å². The van der Waals surface area contributed by atoms with Gasteiger partial charge in [-0.05, 0) is 37.0 Å². The van der Waals surface area contributed by atoms with Crippen molar-refractivity contribution in [2.75, 3.05) is 11.5 Å². The van der Waals surface area contributed by atoms with Gasteiger partial charge in [-0.3, -0.25) is 19.5 Å². The second-order valence-electron chi connectivity index (χ2n) is 14.5. The van der Waals surface area contributed by atoms with E-state index < -0.39 is 47.2 Å². The van der Waals surface area contributed by atoms with Gasteiger partial charge in [-0.2, -0.15) is 0 Å². The molecule has 3 aromatic carbocycles. The third kappa shape index (κ3) is 9.66. The van der Waals surface area contributed by atoms with Crippen molar-refractivity contribution in [2.24, 2.45) is 5.16 Å². The molecule has 16 heteroatoms. The molecule has 324 valence electrons. The van der Waals surface area contributed by atoms with E-state index >= 15 is 0 Å². The molecule has 5 aromatic rings. The van der Waals surface area contributed by atoms with Crippen molar-refractivity contribution in [1.82, 2.24) is 20.2 Å². The topological polar surface area (TPSA) is 185 Å². The van der Waals surface area contributed by atoms with Crippen LogP contribution in [0.3, 0.4) is 0 Å². The molecule has 3 N–H and O–H groups in total. The molecule has 0 spiro atoms. The number of pyridine rings is 1. The number of nitrogens with zero attached hydrogens (tertiary/aromatic N) is 4. The van der Waals surface area contributed by atoms with Gasteiger partial charge in [0.05, 0.1) is 0 Å². The molecule has 2 aromatic heterocycles. The summed E-state index contributed by atoms with van der Waals surface area (Å²) < 4.78 is 16.2. The highest BCUT2D eigenvalue weighted by atomic mass is 32.2. The Hall–Kier alpha value is -6.78. The average Bonchev–Trinajstić information content (AvgIpc) is 3.74. The number of oxime groups is 1. The number of carbonyl (C=O) groups excluding carboxylic acids is 4. The normalized spacial score (nSPS) is 16.9. The maximum atomic E-state index is 14.5. The fourth-order valence-corrected chi connectivity index (χ4v) is 9.08. The summed E-state index contributed by atoms with van der Waals surface area (Å²) >= 11 is 2.46. The molecule has 0 bridgehead atoms. The van der Waals surface area contributed by atoms with E-state index in [1.165, 1.54) is 23.6 Å². The molecule has 2 aliphatic heterocycles. The number of fused-ring (bicyclic) bond motifs is 1. The van der Waals surface area contributed by atoms with E-state index in [1.54, 1.807) is 29.8 Å². The predicted octanol–water partition coefficient (Wildman–Crippen LogP) is 7.74. The second-order valence-corrected chi connectivity index (χ2v) is 16.5. The minimum Gasteiger partial charge on any atom is -0.431 e. The summed E-state index contributed by atoms with van der Waals surface area (Å²) in [5, 5.41) is 8.45. The highest BCUT2D eigenvalue weighted by Gasteiger charge is 2.55. The Morgan fingerprint density at radius 3 is 2.08 bits per heavy atom. The number of aromatic nitrogens is 2. The van der Waals surface area contributed by atoms with Crippen LogP contribution in [0.4, 0.5) is 9.93 Å². The summed E-state index contributed by atoms with van der Waals surface area (Å²) in [5.41, 5.74) is 8.85. The number of β-lactam (4-membered cyclic amide) rings is 1. The number of anilines is 1. The van der Waals surface area contributed by atoms with Gasteiger partial charge in [0.1, 0.15) is 28.9 Å². The van der Waals surface area contributed by atoms with Gasteiger partial charge in [0.2, 0.25) is 11.9 Å². The first-order chi connectivity index (χ1) is 30.5. The van der Waals surface area contributed by atoms with Crippen molar-refractivity contribution in [1.29, 1.82) is 0 Å². The molecule has 0 aliphatic carbocycles. The molecule has 7 rings (SSSR count). The van der Waals surface area contributed by atoms with Crippen LogP contribution in [0.5, 0.6) is 0 Å². The standard InChI is InChI=1S/C47H46N6O8S2/c1-5-36(6-2)60-46(57)59-30(4)58-44(56)40-32(25-24-31-17-16-26-49-29(31)3)27-62-43-39(42(55)53(40)43)51-41(54)38(37-28-63-45(48)50-37)52-61-47(33-18-10-7-11-19-33,34-20-12-8-13-21-34)35-22-14-9-15-23-35/h7-26,28,30,36,39,43H,5-6,27H2,1-4H3,(H2,48,50)(H,51,54)/b25-24-,52-38?/t30?,39-,43-/m1/s1. The number of hydrogen-bond donors (Lipinski definition) is 2. The van der Waals surface area contributed by atoms with Crippen molar-refractivity contribution < 1.29 is 38.2 Å². The van der Waals surface area contributed by atoms with Crippen molar-refractivity contribution in [3.05, 3.63) is 166 Å². The first-order valence-corrected chi connectivity index (χ1v) is 22.3. The molecule has 0 radical (unpaired) electrons. The molecule has 1 unspecified atom stereocenters. The Balaban J connectivity index is 1.19. The van der Waals surface area contributed by atoms with Gasteiger partial charge in [0, 0.05) is 46.6 Å². The zero-order valence-corrected chi connectivity index (χ0v) is 36.6. The molecular formula is C47H46N6O8S2. The maximum Gasteiger partial charge on any atom is 0.511 e. The molecule has 63 heavy (non-hydrogen) atoms. The summed E-state index contributed by atoms with van der Waals surface area (Å²) in [6, 6.07) is 31.1. The zero-order valence-electron chi connectivity index (χ0n) is 35.0. The van der Waals surface area contributed by atoms with Crippen LogP contribution in [0.2, 0.25) is 0 Å². The monoisotopic (exact) mass is 886 g/mol. The number of aryl methyl sites for hydroxylation is 1. The number of carbonyl (C=O) groups is 4. The Morgan fingerprint density at radius 2 is 1.52 bits per heavy atom. The average molecular weight is 887 g/mol. The van der Waals surface area contributed by atoms with Crippen LogP contribution in [0.15, 0.2) is 137 Å². The Bertz CT molecular complexity index is 2430. The molecule has 4 heterocycles. The van der Waals surface area contributed by atoms with Crippen LogP contribution in [-0.4, -0.2) is 74.1 Å². The number of thiazole rings is 1. The lowest BCUT2D eigenvalue weighted by Gasteiger charge is -2.49. The molecular weight excluding hydrogens is 841 g/mol. The van der Waals surface area contributed by atoms with E-state index in [2.05, 4.69) is 20.4 Å². The number of rotatable bonds is 16. The quantitative estimate of drug-likeness (QED) is 0.0246. The first kappa shape index (κ1) is 44.3. The number of nitrogen functional groups attached to an aromatic ring is 1. The van der Waals surface area contributed by atoms with Gasteiger partial charge >= 0.3 is 12.1 Å². The molecule has 2 aliphatic rings. The van der Waals surface area contributed by atoms with Crippen molar-refractivity contribution >= 4 is 64.0 Å². The van der Waals surface area contributed by atoms with Gasteiger partial charge in [0.15, 0.2) is 10.8 Å². The fourth-order valence-electron chi connectivity index (χ4n) is 7.21. The number of thioether (sulfide) groups is 1. The van der Waals surface area contributed by atoms with E-state index in [4.69, 9.17) is 24.8 Å². The number of allylic oxidation sites excluding steroid dienone is 1. The third-order valence-electron chi connectivity index (χ3n) is 10.5. The number of nitrogens with one attached hydrogen (secondary N) is 1. The minimum atomic E-state index is -1.35. The predicted molar refractivity (Wildman–Crippen MR) is 241 cm³/mol. The highest BCUT2D eigenvalue weighted by molar-refractivity contribution is 8.00. The Labute approximate surface area is 373 Å². The first-order valence-electron chi connectivity index (χ1n) is 20.3. The molecule has 0 saturated carbocycles. The second kappa shape index (κ2) is 19.9. The smallest absolute Gasteiger partial charge is 0.431 e. The summed E-state index contributed by atoms with van der Waals surface area (Å²) in [4.78, 5) is 71.8. The van der Waals surface area contributed by atoms with Crippen molar-refractivity contribution in [3.63, 3.8) is 0 Å². The SMILES string of the molecule is CCC(CC)OC(=O)OC(C)OC(=O)C1=C(/C=C\c2cccnc2C)CS[C@@H]2[C@H](NC(=O)C(=NOC(c3ccccc3)(c3ccccc3)c3ccccc3)c3csc(N)n3)C(=O)N12. The number of nitrogens with two attached hydrogens (primary N) is 1. The molecule has 14 nitrogen and oxygen atoms in total. The van der Waals surface area contributed by atoms with E-state index in [1.807, 2.05) is 118 Å². The lowest BCUT2D eigenvalue weighted by Crippen LogP contribution is -2.71. The summed E-state index contributed by atoms with van der Waals surface area (Å²) in [5.74, 6) is -1.99. The summed E-state index contributed by atoms with van der Waals surface area (Å²) in [7, 11) is 0. The van der Waals surface area contributed by atoms with Gasteiger partial charge < -0.3 is 30.1 Å². The number of ether oxygens (including phenoxy) is 3. The lowest BCUT2D eigenvalue weighted by molar-refractivity contribution is -0.169. The molecule has 1 fully saturated rings. The minimum absolute atomic E-state index is 0.0567. The largest absolute Gasteiger partial charge is 0.511 e. The number of amides is 2. The van der Waals surface area contributed by atoms with Crippen LogP contribution in [0, 0.1) is 6.92 Å². The molecule has 3 atom stereocenters. The van der Waals surface area contributed by atoms with Crippen LogP contribution >= 0.6 is 23.1 Å². The van der Waals surface area contributed by atoms with E-state index in [-0.39, 0.29) is 34.1 Å². The third-order valence-corrected chi connectivity index (χ3v) is 12.5. The van der Waals surface area contributed by atoms with Gasteiger partial charge in [-0.15, -0.1) is 23.1 Å². The number of benzene rings is 3. The number of esters is 1. The molecule has 2 amide bonds. The fraction of sp³-hybridized carbons (Fsp3) is 0.255. The van der Waals surface area contributed by atoms with Crippen LogP contribution in [0.25, 0.3) is 6.08 Å². The van der Waals surface area contributed by atoms with E-state index in [0.717, 1.165) is 39.3 Å². The van der Waals surface area contributed by atoms with Gasteiger partial charge in [-0.1, -0.05) is 128 Å². The maximum absolute atomic E-state index is 14.5. The lowest BCUT2D eigenvalue weighted by atomic mass is 9.80. The van der Waals surface area contributed by atoms with Crippen molar-refractivity contribution in [2.45, 2.75) is 69.9 Å². The number of hydrogen-bond acceptors (Lipinski definition) is 14. The molecule has 1 saturated heterocycles. The van der Waals surface area contributed by atoms with Crippen LogP contribution < -0.4 is 11.1 Å². The van der Waals surface area contributed by atoms with E-state index in [0.29, 0.717) is 18.4 Å². The zero-order chi connectivity index (χ0) is 44.5. The van der Waals surface area contributed by atoms with Crippen molar-refractivity contribution in [3.8, 4) is 0 Å². The summed E-state index contributed by atoms with van der Waals surface area (Å²) in [6.07, 6.45) is 3.67. The van der Waals surface area contributed by atoms with Gasteiger partial charge in [-0.25, -0.2) is 14.6 Å². The Morgan fingerprint density at radius 1 is 0.905 bits per heavy atom. The van der Waals surface area contributed by atoms with Crippen LogP contribution in [0.1, 0.15) is 67.3 Å². The Kier molecular flexibility index (Phi) is 14.0. The summed E-state index contributed by atoms with van der Waals surface area (Å²) in [6.45, 7) is 6.99. The van der Waals surface area contributed by atoms with E-state index in [9.17, 15) is 19.2 Å². The van der Waals surface area contributed by atoms with Gasteiger partial charge in [0.25, 0.3) is 11.8 Å². The highest BCUT2D eigenvalue weighted by Crippen LogP contribution is 2.43.